The van der Waals surface area contributed by atoms with Crippen LogP contribution in [-0.4, -0.2) is 11.2 Å². The normalized spacial score (nSPS) is 16.1. The fourth-order valence-corrected chi connectivity index (χ4v) is 3.39. The van der Waals surface area contributed by atoms with Crippen LogP contribution in [0.25, 0.3) is 0 Å². The fourth-order valence-electron chi connectivity index (χ4n) is 2.10. The second-order valence-electron chi connectivity index (χ2n) is 4.39. The predicted octanol–water partition coefficient (Wildman–Crippen LogP) is 2.47. The molecule has 92 valence electrons. The van der Waals surface area contributed by atoms with Gasteiger partial charge in [0.05, 0.1) is 0 Å². The molecule has 1 aromatic rings. The number of hydrazine groups is 1. The molecule has 0 heterocycles. The highest BCUT2D eigenvalue weighted by Crippen LogP contribution is 2.31. The van der Waals surface area contributed by atoms with E-state index in [1.807, 2.05) is 36.0 Å². The van der Waals surface area contributed by atoms with Crippen molar-refractivity contribution in [2.45, 2.75) is 36.7 Å². The summed E-state index contributed by atoms with van der Waals surface area (Å²) in [6, 6.07) is 7.67. The molecule has 1 fully saturated rings. The van der Waals surface area contributed by atoms with Crippen molar-refractivity contribution in [3.63, 3.8) is 0 Å². The zero-order chi connectivity index (χ0) is 12.1. The Morgan fingerprint density at radius 3 is 2.53 bits per heavy atom. The van der Waals surface area contributed by atoms with Gasteiger partial charge in [-0.3, -0.25) is 10.2 Å². The van der Waals surface area contributed by atoms with E-state index in [1.54, 1.807) is 0 Å². The average molecular weight is 250 g/mol. The van der Waals surface area contributed by atoms with E-state index in [-0.39, 0.29) is 5.91 Å². The van der Waals surface area contributed by atoms with Crippen LogP contribution in [0.3, 0.4) is 0 Å². The summed E-state index contributed by atoms with van der Waals surface area (Å²) in [6.07, 6.45) is 5.48. The van der Waals surface area contributed by atoms with Gasteiger partial charge in [0, 0.05) is 16.6 Å². The van der Waals surface area contributed by atoms with Crippen molar-refractivity contribution < 1.29 is 4.79 Å². The van der Waals surface area contributed by atoms with E-state index < -0.39 is 0 Å². The highest BCUT2D eigenvalue weighted by Gasteiger charge is 2.15. The number of nitrogens with two attached hydrogens (primary N) is 1. The molecule has 0 spiro atoms. The van der Waals surface area contributed by atoms with Crippen LogP contribution >= 0.6 is 11.8 Å². The topological polar surface area (TPSA) is 55.1 Å². The lowest BCUT2D eigenvalue weighted by Gasteiger charge is -2.08. The molecule has 0 radical (unpaired) electrons. The number of rotatable bonds is 4. The van der Waals surface area contributed by atoms with Gasteiger partial charge in [-0.15, -0.1) is 0 Å². The number of carbonyl (C=O) groups is 1. The van der Waals surface area contributed by atoms with E-state index in [4.69, 9.17) is 5.84 Å². The van der Waals surface area contributed by atoms with E-state index >= 15 is 0 Å². The number of nitrogens with one attached hydrogen (secondary N) is 1. The Kier molecular flexibility index (Phi) is 4.45. The summed E-state index contributed by atoms with van der Waals surface area (Å²) in [7, 11) is 0. The molecule has 2 rings (SSSR count). The third-order valence-corrected chi connectivity index (χ3v) is 4.58. The molecule has 4 heteroatoms. The molecular formula is C13H18N2OS. The van der Waals surface area contributed by atoms with Crippen LogP contribution in [0.2, 0.25) is 0 Å². The Morgan fingerprint density at radius 1 is 1.29 bits per heavy atom. The first kappa shape index (κ1) is 12.5. The molecule has 0 saturated heterocycles. The molecule has 1 aliphatic rings. The van der Waals surface area contributed by atoms with Crippen LogP contribution in [0.5, 0.6) is 0 Å². The molecule has 1 saturated carbocycles. The Balaban J connectivity index is 1.87. The highest BCUT2D eigenvalue weighted by atomic mass is 32.2. The lowest BCUT2D eigenvalue weighted by atomic mass is 10.1. The van der Waals surface area contributed by atoms with Gasteiger partial charge in [-0.05, 0) is 30.5 Å². The van der Waals surface area contributed by atoms with Gasteiger partial charge in [-0.2, -0.15) is 11.8 Å². The maximum absolute atomic E-state index is 11.3. The average Bonchev–Trinajstić information content (AvgIpc) is 2.89. The zero-order valence-corrected chi connectivity index (χ0v) is 10.6. The number of benzene rings is 1. The summed E-state index contributed by atoms with van der Waals surface area (Å²) in [5.74, 6) is 5.88. The second kappa shape index (κ2) is 6.07. The van der Waals surface area contributed by atoms with Crippen molar-refractivity contribution >= 4 is 17.7 Å². The van der Waals surface area contributed by atoms with Gasteiger partial charge >= 0.3 is 0 Å². The Morgan fingerprint density at radius 2 is 1.94 bits per heavy atom. The Hall–Kier alpha value is -1.00. The van der Waals surface area contributed by atoms with Gasteiger partial charge in [0.15, 0.2) is 0 Å². The van der Waals surface area contributed by atoms with Gasteiger partial charge in [0.25, 0.3) is 5.91 Å². The monoisotopic (exact) mass is 250 g/mol. The van der Waals surface area contributed by atoms with Crippen LogP contribution in [-0.2, 0) is 5.75 Å². The SMILES string of the molecule is NNC(=O)c1ccc(CSC2CCCC2)cc1. The molecule has 0 atom stereocenters. The number of thioether (sulfide) groups is 1. The molecule has 0 aromatic heterocycles. The maximum atomic E-state index is 11.3. The summed E-state index contributed by atoms with van der Waals surface area (Å²) in [5, 5.41) is 0.835. The first-order valence-corrected chi connectivity index (χ1v) is 7.06. The van der Waals surface area contributed by atoms with Crippen LogP contribution in [0.15, 0.2) is 24.3 Å². The molecule has 0 bridgehead atoms. The predicted molar refractivity (Wildman–Crippen MR) is 71.6 cm³/mol. The Labute approximate surface area is 106 Å². The van der Waals surface area contributed by atoms with Gasteiger partial charge in [-0.25, -0.2) is 5.84 Å². The van der Waals surface area contributed by atoms with Crippen molar-refractivity contribution in [3.05, 3.63) is 35.4 Å². The van der Waals surface area contributed by atoms with Gasteiger partial charge in [0.2, 0.25) is 0 Å². The lowest BCUT2D eigenvalue weighted by Crippen LogP contribution is -2.29. The van der Waals surface area contributed by atoms with E-state index in [9.17, 15) is 4.79 Å². The quantitative estimate of drug-likeness (QED) is 0.490. The lowest BCUT2D eigenvalue weighted by molar-refractivity contribution is 0.0953. The molecule has 3 nitrogen and oxygen atoms in total. The minimum atomic E-state index is -0.236. The maximum Gasteiger partial charge on any atom is 0.265 e. The largest absolute Gasteiger partial charge is 0.290 e. The molecule has 0 unspecified atom stereocenters. The smallest absolute Gasteiger partial charge is 0.265 e. The fraction of sp³-hybridized carbons (Fsp3) is 0.462. The first-order valence-electron chi connectivity index (χ1n) is 6.01. The second-order valence-corrected chi connectivity index (χ2v) is 5.68. The van der Waals surface area contributed by atoms with Crippen LogP contribution in [0.1, 0.15) is 41.6 Å². The molecule has 1 aliphatic carbocycles. The van der Waals surface area contributed by atoms with E-state index in [0.29, 0.717) is 5.56 Å². The Bertz CT molecular complexity index is 372. The summed E-state index contributed by atoms with van der Waals surface area (Å²) in [6.45, 7) is 0. The van der Waals surface area contributed by atoms with E-state index in [0.717, 1.165) is 11.0 Å². The van der Waals surface area contributed by atoms with Crippen molar-refractivity contribution in [1.29, 1.82) is 0 Å². The summed E-state index contributed by atoms with van der Waals surface area (Å²) >= 11 is 2.03. The number of nitrogen functional groups attached to an aromatic ring is 1. The molecule has 17 heavy (non-hydrogen) atoms. The summed E-state index contributed by atoms with van der Waals surface area (Å²) < 4.78 is 0. The number of hydrogen-bond donors (Lipinski definition) is 2. The number of hydrogen-bond acceptors (Lipinski definition) is 3. The van der Waals surface area contributed by atoms with Gasteiger partial charge in [0.1, 0.15) is 0 Å². The molecule has 3 N–H and O–H groups in total. The van der Waals surface area contributed by atoms with Crippen LogP contribution < -0.4 is 11.3 Å². The van der Waals surface area contributed by atoms with E-state index in [1.165, 1.54) is 31.2 Å². The summed E-state index contributed by atoms with van der Waals surface area (Å²) in [4.78, 5) is 11.3. The standard InChI is InChI=1S/C13H18N2OS/c14-15-13(16)11-7-5-10(6-8-11)9-17-12-3-1-2-4-12/h5-8,12H,1-4,9,14H2,(H,15,16). The zero-order valence-electron chi connectivity index (χ0n) is 9.82. The number of amides is 1. The van der Waals surface area contributed by atoms with Crippen LogP contribution in [0.4, 0.5) is 0 Å². The minimum absolute atomic E-state index is 0.236. The molecule has 1 amide bonds. The first-order chi connectivity index (χ1) is 8.29. The van der Waals surface area contributed by atoms with Gasteiger partial charge < -0.3 is 0 Å². The minimum Gasteiger partial charge on any atom is -0.290 e. The van der Waals surface area contributed by atoms with Crippen molar-refractivity contribution in [1.82, 2.24) is 5.43 Å². The van der Waals surface area contributed by atoms with Crippen molar-refractivity contribution in [3.8, 4) is 0 Å². The van der Waals surface area contributed by atoms with Crippen LogP contribution in [0, 0.1) is 0 Å². The van der Waals surface area contributed by atoms with E-state index in [2.05, 4.69) is 5.43 Å². The molecule has 0 aliphatic heterocycles. The third-order valence-electron chi connectivity index (χ3n) is 3.14. The van der Waals surface area contributed by atoms with Crippen molar-refractivity contribution in [2.75, 3.05) is 0 Å². The van der Waals surface area contributed by atoms with Crippen molar-refractivity contribution in [2.24, 2.45) is 5.84 Å². The number of carbonyl (C=O) groups excluding carboxylic acids is 1. The highest BCUT2D eigenvalue weighted by molar-refractivity contribution is 7.99. The third kappa shape index (κ3) is 3.48. The summed E-state index contributed by atoms with van der Waals surface area (Å²) in [5.41, 5.74) is 4.02. The molecule has 1 aromatic carbocycles. The molecular weight excluding hydrogens is 232 g/mol. The van der Waals surface area contributed by atoms with Gasteiger partial charge in [-0.1, -0.05) is 25.0 Å².